The summed E-state index contributed by atoms with van der Waals surface area (Å²) in [4.78, 5) is 40.8. The van der Waals surface area contributed by atoms with Crippen LogP contribution in [0.5, 0.6) is 5.75 Å². The second-order valence-corrected chi connectivity index (χ2v) is 10.5. The molecule has 214 valence electrons. The molecule has 0 fully saturated rings. The van der Waals surface area contributed by atoms with Gasteiger partial charge in [-0.05, 0) is 74.9 Å². The van der Waals surface area contributed by atoms with Gasteiger partial charge in [0.1, 0.15) is 5.75 Å². The Labute approximate surface area is 247 Å². The Morgan fingerprint density at radius 2 is 1.09 bits per heavy atom. The molecule has 6 rings (SSSR count). The average molecular weight is 571 g/mol. The highest BCUT2D eigenvalue weighted by Crippen LogP contribution is 2.33. The van der Waals surface area contributed by atoms with E-state index in [0.717, 1.165) is 5.56 Å². The Hall–Kier alpha value is -5.63. The molecule has 43 heavy (non-hydrogen) atoms. The summed E-state index contributed by atoms with van der Waals surface area (Å²) in [6.07, 6.45) is 0. The molecule has 0 atom stereocenters. The summed E-state index contributed by atoms with van der Waals surface area (Å²) in [5.41, 5.74) is 5.24. The SMILES string of the molecule is Cc1ccc(C(=O)Oc2ccc(C(c3c(C)[nH]n(-c4ccccc4)c3=O)c3c(C)[nH]n(-c4ccccc4)c3=O)cc2)cc1. The van der Waals surface area contributed by atoms with E-state index in [0.29, 0.717) is 50.8 Å². The first-order chi connectivity index (χ1) is 20.8. The van der Waals surface area contributed by atoms with E-state index in [2.05, 4.69) is 10.2 Å². The lowest BCUT2D eigenvalue weighted by molar-refractivity contribution is 0.0734. The van der Waals surface area contributed by atoms with Crippen LogP contribution in [0.3, 0.4) is 0 Å². The molecule has 0 aliphatic heterocycles. The third kappa shape index (κ3) is 5.26. The van der Waals surface area contributed by atoms with Gasteiger partial charge in [-0.3, -0.25) is 19.8 Å². The first kappa shape index (κ1) is 27.5. The number of esters is 1. The highest BCUT2D eigenvalue weighted by molar-refractivity contribution is 5.91. The fraction of sp³-hybridized carbons (Fsp3) is 0.114. The number of carbonyl (C=O) groups excluding carboxylic acids is 1. The highest BCUT2D eigenvalue weighted by atomic mass is 16.5. The molecule has 0 spiro atoms. The van der Waals surface area contributed by atoms with Crippen LogP contribution in [0.4, 0.5) is 0 Å². The molecule has 0 saturated heterocycles. The van der Waals surface area contributed by atoms with Crippen LogP contribution in [-0.4, -0.2) is 25.5 Å². The maximum Gasteiger partial charge on any atom is 0.343 e. The minimum atomic E-state index is -0.704. The first-order valence-electron chi connectivity index (χ1n) is 13.9. The van der Waals surface area contributed by atoms with Crippen molar-refractivity contribution in [1.82, 2.24) is 19.6 Å². The number of ether oxygens (including phenoxy) is 1. The number of aryl methyl sites for hydroxylation is 3. The number of nitrogens with one attached hydrogen (secondary N) is 2. The van der Waals surface area contributed by atoms with Gasteiger partial charge in [0.2, 0.25) is 0 Å². The fourth-order valence-corrected chi connectivity index (χ4v) is 5.38. The van der Waals surface area contributed by atoms with Crippen molar-refractivity contribution < 1.29 is 9.53 Å². The first-order valence-corrected chi connectivity index (χ1v) is 13.9. The van der Waals surface area contributed by atoms with Crippen molar-refractivity contribution >= 4 is 5.97 Å². The fourth-order valence-electron chi connectivity index (χ4n) is 5.38. The van der Waals surface area contributed by atoms with E-state index in [-0.39, 0.29) is 11.1 Å². The van der Waals surface area contributed by atoms with Crippen LogP contribution in [0.15, 0.2) is 119 Å². The van der Waals surface area contributed by atoms with Crippen LogP contribution < -0.4 is 15.9 Å². The van der Waals surface area contributed by atoms with E-state index in [9.17, 15) is 14.4 Å². The number of para-hydroxylation sites is 2. The van der Waals surface area contributed by atoms with Crippen molar-refractivity contribution in [3.05, 3.63) is 169 Å². The molecular formula is C35H30N4O4. The zero-order valence-electron chi connectivity index (χ0n) is 24.0. The maximum atomic E-state index is 14.0. The van der Waals surface area contributed by atoms with Crippen molar-refractivity contribution in [2.45, 2.75) is 26.7 Å². The van der Waals surface area contributed by atoms with E-state index in [1.807, 2.05) is 93.6 Å². The highest BCUT2D eigenvalue weighted by Gasteiger charge is 2.31. The molecule has 0 radical (unpaired) electrons. The number of rotatable bonds is 7. The molecule has 4 aromatic carbocycles. The molecule has 0 saturated carbocycles. The number of aromatic amines is 2. The predicted octanol–water partition coefficient (Wildman–Crippen LogP) is 5.97. The van der Waals surface area contributed by atoms with Crippen molar-refractivity contribution in [2.24, 2.45) is 0 Å². The summed E-state index contributed by atoms with van der Waals surface area (Å²) in [7, 11) is 0. The van der Waals surface area contributed by atoms with Crippen molar-refractivity contribution in [1.29, 1.82) is 0 Å². The van der Waals surface area contributed by atoms with Gasteiger partial charge in [-0.2, -0.15) is 0 Å². The normalized spacial score (nSPS) is 11.2. The number of benzene rings is 4. The van der Waals surface area contributed by atoms with Crippen molar-refractivity contribution in [3.63, 3.8) is 0 Å². The summed E-state index contributed by atoms with van der Waals surface area (Å²) in [6, 6.07) is 32.7. The Morgan fingerprint density at radius 3 is 1.56 bits per heavy atom. The standard InChI is InChI=1S/C35H30N4O4/c1-22-14-16-26(17-15-22)35(42)43-29-20-18-25(19-21-29)32(30-23(2)36-38(33(30)40)27-10-6-4-7-11-27)31-24(3)37-39(34(31)41)28-12-8-5-9-13-28/h4-21,32,36-37H,1-3H3. The molecule has 0 unspecified atom stereocenters. The van der Waals surface area contributed by atoms with Crippen LogP contribution in [0.1, 0.15) is 49.9 Å². The minimum absolute atomic E-state index is 0.255. The smallest absolute Gasteiger partial charge is 0.343 e. The number of aromatic nitrogens is 4. The molecule has 2 aromatic heterocycles. The summed E-state index contributed by atoms with van der Waals surface area (Å²) in [6.45, 7) is 5.61. The van der Waals surface area contributed by atoms with Gasteiger partial charge in [0.15, 0.2) is 0 Å². The van der Waals surface area contributed by atoms with Gasteiger partial charge in [0, 0.05) is 17.3 Å². The van der Waals surface area contributed by atoms with Crippen LogP contribution in [-0.2, 0) is 0 Å². The third-order valence-corrected chi connectivity index (χ3v) is 7.55. The number of hydrogen-bond donors (Lipinski definition) is 2. The number of carbonyl (C=O) groups is 1. The zero-order valence-corrected chi connectivity index (χ0v) is 24.0. The minimum Gasteiger partial charge on any atom is -0.423 e. The lowest BCUT2D eigenvalue weighted by atomic mass is 9.85. The van der Waals surface area contributed by atoms with Gasteiger partial charge in [0.25, 0.3) is 11.1 Å². The number of nitrogens with zero attached hydrogens (tertiary/aromatic N) is 2. The Balaban J connectivity index is 1.46. The van der Waals surface area contributed by atoms with E-state index in [4.69, 9.17) is 4.74 Å². The van der Waals surface area contributed by atoms with Crippen LogP contribution in [0.25, 0.3) is 11.4 Å². The molecule has 6 aromatic rings. The van der Waals surface area contributed by atoms with E-state index >= 15 is 0 Å². The van der Waals surface area contributed by atoms with Gasteiger partial charge >= 0.3 is 5.97 Å². The number of hydrogen-bond acceptors (Lipinski definition) is 4. The maximum absolute atomic E-state index is 14.0. The summed E-state index contributed by atoms with van der Waals surface area (Å²) >= 11 is 0. The van der Waals surface area contributed by atoms with E-state index < -0.39 is 11.9 Å². The summed E-state index contributed by atoms with van der Waals surface area (Å²) < 4.78 is 8.61. The summed E-state index contributed by atoms with van der Waals surface area (Å²) in [5.74, 6) is -0.818. The molecule has 2 heterocycles. The lowest BCUT2D eigenvalue weighted by Gasteiger charge is -2.16. The monoisotopic (exact) mass is 570 g/mol. The molecule has 8 heteroatoms. The Kier molecular flexibility index (Phi) is 7.26. The van der Waals surface area contributed by atoms with Crippen molar-refractivity contribution in [3.8, 4) is 17.1 Å². The van der Waals surface area contributed by atoms with Gasteiger partial charge in [-0.15, -0.1) is 0 Å². The van der Waals surface area contributed by atoms with Gasteiger partial charge < -0.3 is 4.74 Å². The second kappa shape index (κ2) is 11.3. The average Bonchev–Trinajstić information content (AvgIpc) is 3.49. The molecule has 2 N–H and O–H groups in total. The van der Waals surface area contributed by atoms with Crippen LogP contribution in [0.2, 0.25) is 0 Å². The van der Waals surface area contributed by atoms with Crippen LogP contribution in [0, 0.1) is 20.8 Å². The summed E-state index contributed by atoms with van der Waals surface area (Å²) in [5, 5.41) is 6.40. The topological polar surface area (TPSA) is 102 Å². The molecular weight excluding hydrogens is 540 g/mol. The Morgan fingerprint density at radius 1 is 0.628 bits per heavy atom. The quantitative estimate of drug-likeness (QED) is 0.182. The molecule has 0 bridgehead atoms. The van der Waals surface area contributed by atoms with Gasteiger partial charge in [-0.25, -0.2) is 14.2 Å². The molecule has 0 amide bonds. The van der Waals surface area contributed by atoms with Crippen molar-refractivity contribution in [2.75, 3.05) is 0 Å². The number of H-pyrrole nitrogens is 2. The second-order valence-electron chi connectivity index (χ2n) is 10.5. The zero-order chi connectivity index (χ0) is 30.1. The largest absolute Gasteiger partial charge is 0.423 e. The Bertz CT molecular complexity index is 1920. The molecule has 0 aliphatic rings. The molecule has 8 nitrogen and oxygen atoms in total. The van der Waals surface area contributed by atoms with Gasteiger partial charge in [-0.1, -0.05) is 66.2 Å². The predicted molar refractivity (Wildman–Crippen MR) is 166 cm³/mol. The molecule has 0 aliphatic carbocycles. The van der Waals surface area contributed by atoms with Gasteiger partial charge in [0.05, 0.1) is 28.1 Å². The lowest BCUT2D eigenvalue weighted by Crippen LogP contribution is -2.25. The van der Waals surface area contributed by atoms with E-state index in [1.54, 1.807) is 36.4 Å². The van der Waals surface area contributed by atoms with E-state index in [1.165, 1.54) is 9.36 Å². The van der Waals surface area contributed by atoms with Crippen LogP contribution >= 0.6 is 0 Å². The third-order valence-electron chi connectivity index (χ3n) is 7.55.